The second-order valence-electron chi connectivity index (χ2n) is 7.70. The van der Waals surface area contributed by atoms with Gasteiger partial charge in [0.2, 0.25) is 0 Å². The highest BCUT2D eigenvalue weighted by molar-refractivity contribution is 5.88. The van der Waals surface area contributed by atoms with Gasteiger partial charge in [-0.05, 0) is 45.7 Å². The summed E-state index contributed by atoms with van der Waals surface area (Å²) in [6.07, 6.45) is 1.72. The number of aryl methyl sites for hydroxylation is 1. The third kappa shape index (κ3) is 3.96. The molecule has 5 rings (SSSR count). The van der Waals surface area contributed by atoms with Gasteiger partial charge in [0.15, 0.2) is 17.2 Å². The van der Waals surface area contributed by atoms with Gasteiger partial charge in [-0.15, -0.1) is 5.10 Å². The molecule has 0 aliphatic carbocycles. The van der Waals surface area contributed by atoms with E-state index in [1.165, 1.54) is 6.07 Å². The van der Waals surface area contributed by atoms with Crippen molar-refractivity contribution in [2.75, 3.05) is 0 Å². The maximum atomic E-state index is 11.3. The summed E-state index contributed by atoms with van der Waals surface area (Å²) in [5.41, 5.74) is 5.42. The zero-order chi connectivity index (χ0) is 22.8. The molecule has 9 heteroatoms. The van der Waals surface area contributed by atoms with Gasteiger partial charge in [-0.3, -0.25) is 0 Å². The van der Waals surface area contributed by atoms with E-state index < -0.39 is 5.97 Å². The number of hydrogen-bond acceptors (Lipinski definition) is 6. The number of tetrazole rings is 1. The number of nitrogens with one attached hydrogen (secondary N) is 1. The molecule has 0 atom stereocenters. The summed E-state index contributed by atoms with van der Waals surface area (Å²) >= 11 is 0. The minimum Gasteiger partial charge on any atom is -0.477 e. The predicted octanol–water partition coefficient (Wildman–Crippen LogP) is 3.98. The smallest absolute Gasteiger partial charge is 0.354 e. The summed E-state index contributed by atoms with van der Waals surface area (Å²) in [7, 11) is 0. The molecule has 0 bridgehead atoms. The van der Waals surface area contributed by atoms with E-state index in [2.05, 4.69) is 66.3 Å². The van der Waals surface area contributed by atoms with E-state index >= 15 is 0 Å². The molecule has 33 heavy (non-hydrogen) atoms. The first-order valence-electron chi connectivity index (χ1n) is 10.7. The summed E-state index contributed by atoms with van der Waals surface area (Å²) in [6.45, 7) is 2.71. The number of H-pyrrole nitrogens is 1. The first kappa shape index (κ1) is 20.5. The van der Waals surface area contributed by atoms with Gasteiger partial charge in [0.25, 0.3) is 0 Å². The maximum Gasteiger partial charge on any atom is 0.354 e. The highest BCUT2D eigenvalue weighted by atomic mass is 16.4. The summed E-state index contributed by atoms with van der Waals surface area (Å²) in [6, 6.07) is 19.6. The lowest BCUT2D eigenvalue weighted by molar-refractivity contribution is 0.0691. The molecule has 0 aliphatic heterocycles. The number of carboxylic acid groups (broad SMARTS) is 1. The molecule has 2 aromatic carbocycles. The topological polar surface area (TPSA) is 122 Å². The first-order chi connectivity index (χ1) is 16.1. The van der Waals surface area contributed by atoms with E-state index in [-0.39, 0.29) is 5.69 Å². The van der Waals surface area contributed by atoms with Gasteiger partial charge in [0.05, 0.1) is 5.52 Å². The zero-order valence-corrected chi connectivity index (χ0v) is 17.9. The highest BCUT2D eigenvalue weighted by Crippen LogP contribution is 2.30. The minimum absolute atomic E-state index is 0.000161. The number of carbonyl (C=O) groups is 1. The van der Waals surface area contributed by atoms with Gasteiger partial charge in [-0.1, -0.05) is 55.5 Å². The Labute approximate surface area is 189 Å². The molecule has 3 heterocycles. The lowest BCUT2D eigenvalue weighted by Crippen LogP contribution is -2.05. The van der Waals surface area contributed by atoms with E-state index in [1.54, 1.807) is 6.07 Å². The summed E-state index contributed by atoms with van der Waals surface area (Å²) in [5, 5.41) is 23.5. The Balaban J connectivity index is 1.48. The predicted molar refractivity (Wildman–Crippen MR) is 123 cm³/mol. The second-order valence-corrected chi connectivity index (χ2v) is 7.70. The first-order valence-corrected chi connectivity index (χ1v) is 10.7. The van der Waals surface area contributed by atoms with Crippen molar-refractivity contribution in [1.82, 2.24) is 35.2 Å². The molecule has 0 fully saturated rings. The lowest BCUT2D eigenvalue weighted by Gasteiger charge is -2.11. The van der Waals surface area contributed by atoms with Crippen LogP contribution in [-0.4, -0.2) is 46.2 Å². The van der Waals surface area contributed by atoms with Crippen LogP contribution in [0.5, 0.6) is 0 Å². The molecule has 0 saturated heterocycles. The number of imidazole rings is 1. The molecule has 0 amide bonds. The number of carboxylic acids is 1. The molecule has 3 aromatic heterocycles. The molecule has 2 N–H and O–H groups in total. The Hall–Kier alpha value is -4.40. The molecule has 164 valence electrons. The number of hydrogen-bond donors (Lipinski definition) is 2. The van der Waals surface area contributed by atoms with E-state index in [0.717, 1.165) is 46.4 Å². The van der Waals surface area contributed by atoms with Gasteiger partial charge < -0.3 is 9.67 Å². The van der Waals surface area contributed by atoms with Gasteiger partial charge >= 0.3 is 5.97 Å². The minimum atomic E-state index is -1.06. The molecule has 0 radical (unpaired) electrons. The van der Waals surface area contributed by atoms with Crippen LogP contribution in [0.1, 0.15) is 35.2 Å². The van der Waals surface area contributed by atoms with Crippen molar-refractivity contribution >= 4 is 17.1 Å². The Morgan fingerprint density at radius 2 is 1.79 bits per heavy atom. The third-order valence-corrected chi connectivity index (χ3v) is 5.52. The summed E-state index contributed by atoms with van der Waals surface area (Å²) < 4.78 is 2.11. The maximum absolute atomic E-state index is 11.3. The van der Waals surface area contributed by atoms with Crippen molar-refractivity contribution in [3.63, 3.8) is 0 Å². The number of benzene rings is 2. The fourth-order valence-electron chi connectivity index (χ4n) is 3.95. The van der Waals surface area contributed by atoms with Crippen molar-refractivity contribution in [1.29, 1.82) is 0 Å². The Kier molecular flexibility index (Phi) is 5.35. The summed E-state index contributed by atoms with van der Waals surface area (Å²) in [4.78, 5) is 20.1. The average Bonchev–Trinajstić information content (AvgIpc) is 3.48. The van der Waals surface area contributed by atoms with Crippen LogP contribution in [0.25, 0.3) is 33.7 Å². The summed E-state index contributed by atoms with van der Waals surface area (Å²) in [5.74, 6) is 0.465. The fraction of sp³-hybridized carbons (Fsp3) is 0.167. The highest BCUT2D eigenvalue weighted by Gasteiger charge is 2.15. The van der Waals surface area contributed by atoms with Crippen molar-refractivity contribution in [2.24, 2.45) is 0 Å². The van der Waals surface area contributed by atoms with Crippen molar-refractivity contribution in [2.45, 2.75) is 26.3 Å². The molecule has 0 saturated carbocycles. The van der Waals surface area contributed by atoms with Crippen LogP contribution in [0, 0.1) is 0 Å². The normalized spacial score (nSPS) is 11.2. The Bertz CT molecular complexity index is 1420. The van der Waals surface area contributed by atoms with Gasteiger partial charge in [-0.2, -0.15) is 0 Å². The van der Waals surface area contributed by atoms with Crippen LogP contribution < -0.4 is 0 Å². The monoisotopic (exact) mass is 439 g/mol. The Morgan fingerprint density at radius 1 is 1.00 bits per heavy atom. The number of pyridine rings is 1. The van der Waals surface area contributed by atoms with Crippen molar-refractivity contribution < 1.29 is 9.90 Å². The number of aromatic carboxylic acids is 1. The van der Waals surface area contributed by atoms with Crippen LogP contribution in [0.4, 0.5) is 0 Å². The lowest BCUT2D eigenvalue weighted by atomic mass is 9.98. The van der Waals surface area contributed by atoms with E-state index in [9.17, 15) is 9.90 Å². The van der Waals surface area contributed by atoms with E-state index in [1.807, 2.05) is 24.3 Å². The fourth-order valence-corrected chi connectivity index (χ4v) is 3.95. The molecular weight excluding hydrogens is 418 g/mol. The van der Waals surface area contributed by atoms with Gasteiger partial charge in [-0.25, -0.2) is 19.9 Å². The van der Waals surface area contributed by atoms with Crippen LogP contribution in [0.3, 0.4) is 0 Å². The second kappa shape index (κ2) is 8.62. The van der Waals surface area contributed by atoms with E-state index in [0.29, 0.717) is 18.0 Å². The number of fused-ring (bicyclic) bond motifs is 1. The largest absolute Gasteiger partial charge is 0.477 e. The number of rotatable bonds is 7. The van der Waals surface area contributed by atoms with Crippen LogP contribution in [0.2, 0.25) is 0 Å². The number of aromatic amines is 1. The molecule has 0 spiro atoms. The number of nitrogens with zero attached hydrogens (tertiary/aromatic N) is 6. The molecular formula is C24H21N7O2. The van der Waals surface area contributed by atoms with Crippen LogP contribution in [0.15, 0.2) is 60.7 Å². The zero-order valence-electron chi connectivity index (χ0n) is 17.9. The Morgan fingerprint density at radius 3 is 2.48 bits per heavy atom. The molecule has 5 aromatic rings. The number of aromatic nitrogens is 7. The van der Waals surface area contributed by atoms with E-state index in [4.69, 9.17) is 0 Å². The van der Waals surface area contributed by atoms with Crippen LogP contribution in [-0.2, 0) is 13.0 Å². The molecule has 9 nitrogen and oxygen atoms in total. The van der Waals surface area contributed by atoms with Crippen molar-refractivity contribution in [3.8, 4) is 22.5 Å². The van der Waals surface area contributed by atoms with Gasteiger partial charge in [0.1, 0.15) is 5.82 Å². The van der Waals surface area contributed by atoms with Gasteiger partial charge in [0, 0.05) is 18.5 Å². The standard InChI is InChI=1S/C24H21N7O2/c1-2-5-21-26-23-20(13-12-19(25-23)24(32)33)31(21)14-15-8-10-16(11-9-15)17-6-3-4-7-18(17)22-27-29-30-28-22/h3-4,6-13H,2,5,14H2,1H3,(H,32,33)(H,27,28,29,30). The quantitative estimate of drug-likeness (QED) is 0.393. The molecule has 0 aliphatic rings. The molecule has 0 unspecified atom stereocenters. The van der Waals surface area contributed by atoms with Crippen molar-refractivity contribution in [3.05, 3.63) is 77.7 Å². The van der Waals surface area contributed by atoms with Crippen LogP contribution >= 0.6 is 0 Å². The SMILES string of the molecule is CCCc1nc2nc(C(=O)O)ccc2n1Cc1ccc(-c2ccccc2-c2nnn[nH]2)cc1. The third-order valence-electron chi connectivity index (χ3n) is 5.52. The average molecular weight is 439 g/mol.